The number of carbonyl (C=O) groups excluding carboxylic acids is 1. The van der Waals surface area contributed by atoms with Crippen molar-refractivity contribution in [2.45, 2.75) is 42.5 Å². The number of hydrogen-bond acceptors (Lipinski definition) is 4. The first-order chi connectivity index (χ1) is 13.2. The van der Waals surface area contributed by atoms with Crippen LogP contribution in [0.4, 0.5) is 5.69 Å². The van der Waals surface area contributed by atoms with Crippen LogP contribution < -0.4 is 4.90 Å². The van der Waals surface area contributed by atoms with Crippen LogP contribution in [0.25, 0.3) is 0 Å². The third-order valence-electron chi connectivity index (χ3n) is 8.65. The van der Waals surface area contributed by atoms with E-state index >= 15 is 0 Å². The number of ether oxygens (including phenoxy) is 2. The van der Waals surface area contributed by atoms with Gasteiger partial charge in [-0.25, -0.2) is 0 Å². The zero-order chi connectivity index (χ0) is 18.0. The predicted octanol–water partition coefficient (Wildman–Crippen LogP) is 2.07. The highest BCUT2D eigenvalue weighted by Crippen LogP contribution is 2.69. The van der Waals surface area contributed by atoms with E-state index in [1.54, 1.807) is 0 Å². The number of carbonyl (C=O) groups is 1. The summed E-state index contributed by atoms with van der Waals surface area (Å²) in [6, 6.07) is 8.74. The van der Waals surface area contributed by atoms with Crippen molar-refractivity contribution >= 4 is 11.6 Å². The van der Waals surface area contributed by atoms with Crippen molar-refractivity contribution in [2.24, 2.45) is 11.8 Å². The third kappa shape index (κ3) is 1.42. The molecule has 5 heteroatoms. The van der Waals surface area contributed by atoms with Crippen molar-refractivity contribution in [3.63, 3.8) is 0 Å². The molecule has 4 fully saturated rings. The second-order valence-corrected chi connectivity index (χ2v) is 9.10. The minimum atomic E-state index is -0.312. The van der Waals surface area contributed by atoms with Crippen LogP contribution in [-0.2, 0) is 19.7 Å². The Morgan fingerprint density at radius 1 is 1.30 bits per heavy atom. The Morgan fingerprint density at radius 3 is 3.07 bits per heavy atom. The molecule has 6 atom stereocenters. The lowest BCUT2D eigenvalue weighted by Gasteiger charge is -2.63. The van der Waals surface area contributed by atoms with Gasteiger partial charge in [-0.15, -0.1) is 0 Å². The highest BCUT2D eigenvalue weighted by molar-refractivity contribution is 5.99. The quantitative estimate of drug-likeness (QED) is 0.716. The van der Waals surface area contributed by atoms with Crippen molar-refractivity contribution in [3.05, 3.63) is 41.5 Å². The molecular formula is C22H24N2O3. The van der Waals surface area contributed by atoms with E-state index < -0.39 is 0 Å². The number of anilines is 1. The fourth-order valence-corrected chi connectivity index (χ4v) is 7.89. The van der Waals surface area contributed by atoms with Gasteiger partial charge in [0, 0.05) is 31.8 Å². The van der Waals surface area contributed by atoms with Crippen LogP contribution in [0.2, 0.25) is 0 Å². The number of hydrogen-bond donors (Lipinski definition) is 0. The number of rotatable bonds is 1. The SMILES string of the molecule is CO[C@@]12C[C@H]3C4=CCO[C@H]5CC(=O)N6c7ccccc7[C@]1(CCN2C4)[C@@H]6[C@@H]53. The van der Waals surface area contributed by atoms with E-state index in [-0.39, 0.29) is 29.2 Å². The maximum atomic E-state index is 13.3. The first-order valence-corrected chi connectivity index (χ1v) is 10.2. The van der Waals surface area contributed by atoms with E-state index in [0.717, 1.165) is 31.6 Å². The van der Waals surface area contributed by atoms with E-state index in [1.165, 1.54) is 11.1 Å². The molecule has 0 radical (unpaired) electrons. The number of para-hydroxylation sites is 1. The summed E-state index contributed by atoms with van der Waals surface area (Å²) in [6.45, 7) is 2.65. The fraction of sp³-hybridized carbons (Fsp3) is 0.591. The minimum Gasteiger partial charge on any atom is -0.373 e. The smallest absolute Gasteiger partial charge is 0.229 e. The standard InChI is InChI=1S/C22H24N2O3/c1-26-22-11-14-13-6-9-27-17-10-18(25)24-16-5-3-2-4-15(16)21(22,20(24)19(14)17)7-8-23(22)12-13/h2-6,14,17,19-20H,7-12H2,1H3/t14-,17-,19+,20-,21+,22-/m0/s1. The first-order valence-electron chi connectivity index (χ1n) is 10.2. The van der Waals surface area contributed by atoms with Gasteiger partial charge in [-0.2, -0.15) is 0 Å². The molecule has 0 aromatic heterocycles. The van der Waals surface area contributed by atoms with Gasteiger partial charge in [0.15, 0.2) is 0 Å². The molecule has 2 bridgehead atoms. The Morgan fingerprint density at radius 2 is 2.19 bits per heavy atom. The molecule has 1 aromatic rings. The Balaban J connectivity index is 1.58. The van der Waals surface area contributed by atoms with Gasteiger partial charge in [-0.1, -0.05) is 29.8 Å². The number of methoxy groups -OCH3 is 1. The molecule has 1 saturated carbocycles. The maximum absolute atomic E-state index is 13.3. The van der Waals surface area contributed by atoms with Crippen LogP contribution >= 0.6 is 0 Å². The van der Waals surface area contributed by atoms with Gasteiger partial charge in [0.05, 0.1) is 30.6 Å². The summed E-state index contributed by atoms with van der Waals surface area (Å²) in [4.78, 5) is 18.0. The highest BCUT2D eigenvalue weighted by atomic mass is 16.5. The Labute approximate surface area is 158 Å². The number of fused-ring (bicyclic) bond motifs is 2. The monoisotopic (exact) mass is 364 g/mol. The Hall–Kier alpha value is -1.69. The molecule has 5 nitrogen and oxygen atoms in total. The molecule has 3 saturated heterocycles. The molecule has 1 spiro atoms. The van der Waals surface area contributed by atoms with Gasteiger partial charge in [0.1, 0.15) is 5.72 Å². The van der Waals surface area contributed by atoms with Crippen molar-refractivity contribution < 1.29 is 14.3 Å². The summed E-state index contributed by atoms with van der Waals surface area (Å²) in [5.74, 6) is 1.04. The topological polar surface area (TPSA) is 42.0 Å². The Bertz CT molecular complexity index is 913. The lowest BCUT2D eigenvalue weighted by Crippen LogP contribution is -2.75. The summed E-state index contributed by atoms with van der Waals surface area (Å²) in [6.07, 6.45) is 4.91. The number of benzene rings is 1. The molecule has 1 amide bonds. The molecule has 5 heterocycles. The van der Waals surface area contributed by atoms with Crippen molar-refractivity contribution in [2.75, 3.05) is 31.7 Å². The average Bonchev–Trinajstić information content (AvgIpc) is 3.13. The fourth-order valence-electron chi connectivity index (χ4n) is 7.89. The molecule has 6 aliphatic rings. The zero-order valence-electron chi connectivity index (χ0n) is 15.6. The van der Waals surface area contributed by atoms with E-state index in [1.807, 2.05) is 7.11 Å². The largest absolute Gasteiger partial charge is 0.373 e. The van der Waals surface area contributed by atoms with Crippen LogP contribution in [0.15, 0.2) is 35.9 Å². The number of piperidine rings is 2. The van der Waals surface area contributed by atoms with Crippen molar-refractivity contribution in [3.8, 4) is 0 Å². The number of nitrogens with zero attached hydrogens (tertiary/aromatic N) is 2. The second-order valence-electron chi connectivity index (χ2n) is 9.10. The Kier molecular flexibility index (Phi) is 2.63. The maximum Gasteiger partial charge on any atom is 0.229 e. The molecule has 27 heavy (non-hydrogen) atoms. The molecule has 0 unspecified atom stereocenters. The van der Waals surface area contributed by atoms with Crippen LogP contribution in [0.3, 0.4) is 0 Å². The van der Waals surface area contributed by atoms with Gasteiger partial charge in [0.2, 0.25) is 5.91 Å². The lowest BCUT2D eigenvalue weighted by molar-refractivity contribution is -0.213. The van der Waals surface area contributed by atoms with E-state index in [2.05, 4.69) is 40.1 Å². The minimum absolute atomic E-state index is 0.0330. The molecule has 140 valence electrons. The summed E-state index contributed by atoms with van der Waals surface area (Å²) >= 11 is 0. The average molecular weight is 364 g/mol. The van der Waals surface area contributed by atoms with Crippen LogP contribution in [0.1, 0.15) is 24.8 Å². The van der Waals surface area contributed by atoms with Gasteiger partial charge < -0.3 is 14.4 Å². The molecule has 1 aliphatic carbocycles. The summed E-state index contributed by atoms with van der Waals surface area (Å²) in [7, 11) is 1.88. The molecule has 1 aromatic carbocycles. The van der Waals surface area contributed by atoms with Gasteiger partial charge in [-0.3, -0.25) is 9.69 Å². The summed E-state index contributed by atoms with van der Waals surface area (Å²) < 4.78 is 12.7. The van der Waals surface area contributed by atoms with E-state index in [0.29, 0.717) is 24.9 Å². The van der Waals surface area contributed by atoms with Crippen molar-refractivity contribution in [1.29, 1.82) is 0 Å². The van der Waals surface area contributed by atoms with Crippen LogP contribution in [0.5, 0.6) is 0 Å². The predicted molar refractivity (Wildman–Crippen MR) is 99.4 cm³/mol. The first kappa shape index (κ1) is 15.3. The molecular weight excluding hydrogens is 340 g/mol. The lowest BCUT2D eigenvalue weighted by atomic mass is 9.51. The van der Waals surface area contributed by atoms with E-state index in [4.69, 9.17) is 9.47 Å². The normalized spacial score (nSPS) is 46.2. The summed E-state index contributed by atoms with van der Waals surface area (Å²) in [5.41, 5.74) is 3.49. The third-order valence-corrected chi connectivity index (χ3v) is 8.65. The van der Waals surface area contributed by atoms with Crippen molar-refractivity contribution in [1.82, 2.24) is 4.90 Å². The van der Waals surface area contributed by atoms with Gasteiger partial charge in [-0.05, 0) is 30.4 Å². The zero-order valence-corrected chi connectivity index (χ0v) is 15.6. The summed E-state index contributed by atoms with van der Waals surface area (Å²) in [5, 5.41) is 0. The molecule has 7 rings (SSSR count). The van der Waals surface area contributed by atoms with E-state index in [9.17, 15) is 4.79 Å². The number of amides is 1. The van der Waals surface area contributed by atoms with Gasteiger partial charge in [0.25, 0.3) is 0 Å². The molecule has 5 aliphatic heterocycles. The molecule has 0 N–H and O–H groups in total. The van der Waals surface area contributed by atoms with Crippen LogP contribution in [-0.4, -0.2) is 55.5 Å². The van der Waals surface area contributed by atoms with Crippen LogP contribution in [0, 0.1) is 11.8 Å². The van der Waals surface area contributed by atoms with Gasteiger partial charge >= 0.3 is 0 Å². The second kappa shape index (κ2) is 4.65. The highest BCUT2D eigenvalue weighted by Gasteiger charge is 2.77.